The summed E-state index contributed by atoms with van der Waals surface area (Å²) in [6.45, 7) is -1.14. The largest absolute Gasteiger partial charge is 0.508 e. The molecular weight excluding hydrogens is 326 g/mol. The van der Waals surface area contributed by atoms with Crippen LogP contribution >= 0.6 is 11.8 Å². The molecule has 0 radical (unpaired) electrons. The first kappa shape index (κ1) is 19.7. The predicted octanol–water partition coefficient (Wildman–Crippen LogP) is -0.391. The second kappa shape index (κ2) is 11.3. The summed E-state index contributed by atoms with van der Waals surface area (Å²) in [5.41, 5.74) is 0. The van der Waals surface area contributed by atoms with Crippen molar-refractivity contribution in [2.24, 2.45) is 0 Å². The SMILES string of the molecule is COC(=O)/C=C/C(=O)OCCOC(=O)OC[C@H](NCl)C(=O)O. The van der Waals surface area contributed by atoms with Crippen LogP contribution in [0.4, 0.5) is 4.79 Å². The second-order valence-corrected chi connectivity index (χ2v) is 3.65. The lowest BCUT2D eigenvalue weighted by Crippen LogP contribution is -2.36. The van der Waals surface area contributed by atoms with Gasteiger partial charge in [0.05, 0.1) is 7.11 Å². The Labute approximate surface area is 130 Å². The molecule has 22 heavy (non-hydrogen) atoms. The maximum Gasteiger partial charge on any atom is 0.508 e. The highest BCUT2D eigenvalue weighted by molar-refractivity contribution is 6.14. The Kier molecular flexibility index (Phi) is 10.1. The van der Waals surface area contributed by atoms with E-state index >= 15 is 0 Å². The number of hydrogen-bond donors (Lipinski definition) is 2. The molecule has 0 unspecified atom stereocenters. The molecule has 11 heteroatoms. The van der Waals surface area contributed by atoms with E-state index in [1.54, 1.807) is 0 Å². The number of carbonyl (C=O) groups is 4. The average Bonchev–Trinajstić information content (AvgIpc) is 2.49. The van der Waals surface area contributed by atoms with Crippen molar-refractivity contribution in [2.75, 3.05) is 26.9 Å². The summed E-state index contributed by atoms with van der Waals surface area (Å²) < 4.78 is 17.8. The molecular formula is C11H14ClNO9. The van der Waals surface area contributed by atoms with Gasteiger partial charge in [-0.25, -0.2) is 19.2 Å². The first-order valence-corrected chi connectivity index (χ1v) is 6.09. The van der Waals surface area contributed by atoms with Crippen molar-refractivity contribution in [3.05, 3.63) is 12.2 Å². The molecule has 0 aromatic carbocycles. The third kappa shape index (κ3) is 9.55. The van der Waals surface area contributed by atoms with E-state index in [9.17, 15) is 19.2 Å². The zero-order chi connectivity index (χ0) is 17.0. The van der Waals surface area contributed by atoms with E-state index in [1.807, 2.05) is 4.84 Å². The lowest BCUT2D eigenvalue weighted by atomic mass is 10.3. The van der Waals surface area contributed by atoms with Gasteiger partial charge in [0.2, 0.25) is 0 Å². The van der Waals surface area contributed by atoms with Gasteiger partial charge < -0.3 is 24.1 Å². The van der Waals surface area contributed by atoms with E-state index in [0.29, 0.717) is 0 Å². The van der Waals surface area contributed by atoms with Crippen LogP contribution in [0.3, 0.4) is 0 Å². The monoisotopic (exact) mass is 339 g/mol. The quantitative estimate of drug-likeness (QED) is 0.188. The molecule has 0 fully saturated rings. The molecule has 0 saturated carbocycles. The number of aliphatic carboxylic acids is 1. The highest BCUT2D eigenvalue weighted by Gasteiger charge is 2.18. The fourth-order valence-electron chi connectivity index (χ4n) is 0.862. The van der Waals surface area contributed by atoms with Crippen LogP contribution in [0.15, 0.2) is 12.2 Å². The fraction of sp³-hybridized carbons (Fsp3) is 0.455. The minimum Gasteiger partial charge on any atom is -0.480 e. The molecule has 1 atom stereocenters. The van der Waals surface area contributed by atoms with E-state index < -0.39 is 36.7 Å². The van der Waals surface area contributed by atoms with Crippen LogP contribution < -0.4 is 4.84 Å². The molecule has 0 amide bonds. The Hall–Kier alpha value is -2.33. The Morgan fingerprint density at radius 2 is 1.68 bits per heavy atom. The lowest BCUT2D eigenvalue weighted by Gasteiger charge is -2.10. The fourth-order valence-corrected chi connectivity index (χ4v) is 1.02. The number of carboxylic acids is 1. The minimum atomic E-state index is -1.31. The van der Waals surface area contributed by atoms with Crippen molar-refractivity contribution in [1.82, 2.24) is 4.84 Å². The first-order valence-electron chi connectivity index (χ1n) is 5.72. The average molecular weight is 340 g/mol. The van der Waals surface area contributed by atoms with Crippen molar-refractivity contribution < 1.29 is 43.2 Å². The topological polar surface area (TPSA) is 137 Å². The van der Waals surface area contributed by atoms with Crippen molar-refractivity contribution >= 4 is 35.8 Å². The van der Waals surface area contributed by atoms with E-state index in [-0.39, 0.29) is 13.2 Å². The Morgan fingerprint density at radius 3 is 2.23 bits per heavy atom. The molecule has 0 spiro atoms. The highest BCUT2D eigenvalue weighted by atomic mass is 35.5. The van der Waals surface area contributed by atoms with Gasteiger partial charge in [-0.15, -0.1) is 0 Å². The number of carbonyl (C=O) groups excluding carboxylic acids is 3. The van der Waals surface area contributed by atoms with Crippen LogP contribution in [0, 0.1) is 0 Å². The van der Waals surface area contributed by atoms with Crippen LogP contribution in [0.1, 0.15) is 0 Å². The molecule has 0 aromatic heterocycles. The number of methoxy groups -OCH3 is 1. The Bertz CT molecular complexity index is 437. The maximum atomic E-state index is 11.1. The second-order valence-electron chi connectivity index (χ2n) is 3.43. The van der Waals surface area contributed by atoms with Gasteiger partial charge >= 0.3 is 24.1 Å². The number of esters is 2. The number of hydrogen-bond acceptors (Lipinski definition) is 9. The number of nitrogens with one attached hydrogen (secondary N) is 1. The molecule has 0 aliphatic rings. The molecule has 0 bridgehead atoms. The number of ether oxygens (including phenoxy) is 4. The number of rotatable bonds is 9. The summed E-state index contributed by atoms with van der Waals surface area (Å²) in [6.07, 6.45) is 0.551. The summed E-state index contributed by atoms with van der Waals surface area (Å²) in [4.78, 5) is 45.2. The summed E-state index contributed by atoms with van der Waals surface area (Å²) in [5, 5.41) is 8.59. The van der Waals surface area contributed by atoms with Crippen LogP contribution in [0.5, 0.6) is 0 Å². The van der Waals surface area contributed by atoms with Gasteiger partial charge in [0.15, 0.2) is 6.04 Å². The lowest BCUT2D eigenvalue weighted by molar-refractivity contribution is -0.141. The first-order chi connectivity index (χ1) is 10.4. The van der Waals surface area contributed by atoms with Crippen molar-refractivity contribution in [2.45, 2.75) is 6.04 Å². The van der Waals surface area contributed by atoms with Crippen molar-refractivity contribution in [3.8, 4) is 0 Å². The van der Waals surface area contributed by atoms with Gasteiger partial charge in [0, 0.05) is 12.2 Å². The van der Waals surface area contributed by atoms with Crippen molar-refractivity contribution in [1.29, 1.82) is 0 Å². The van der Waals surface area contributed by atoms with Crippen LogP contribution in [-0.2, 0) is 33.3 Å². The minimum absolute atomic E-state index is 0.282. The third-order valence-electron chi connectivity index (χ3n) is 1.90. The standard InChI is InChI=1S/C11H14ClNO9/c1-19-8(14)2-3-9(15)20-4-5-21-11(18)22-6-7(13-12)10(16)17/h2-3,7,13H,4-6H2,1H3,(H,16,17)/b3-2+/t7-/m0/s1. The van der Waals surface area contributed by atoms with Gasteiger partial charge in [0.1, 0.15) is 19.8 Å². The zero-order valence-electron chi connectivity index (χ0n) is 11.4. The summed E-state index contributed by atoms with van der Waals surface area (Å²) in [7, 11) is 1.14. The molecule has 0 rings (SSSR count). The number of carboxylic acid groups (broad SMARTS) is 1. The smallest absolute Gasteiger partial charge is 0.480 e. The molecule has 0 aliphatic carbocycles. The highest BCUT2D eigenvalue weighted by Crippen LogP contribution is 1.93. The molecule has 2 N–H and O–H groups in total. The van der Waals surface area contributed by atoms with Crippen LogP contribution in [-0.4, -0.2) is 62.1 Å². The predicted molar refractivity (Wildman–Crippen MR) is 69.8 cm³/mol. The number of halogens is 1. The van der Waals surface area contributed by atoms with Crippen LogP contribution in [0.25, 0.3) is 0 Å². The third-order valence-corrected chi connectivity index (χ3v) is 2.17. The Morgan fingerprint density at radius 1 is 1.09 bits per heavy atom. The summed E-state index contributed by atoms with van der Waals surface area (Å²) in [5.74, 6) is -2.87. The molecule has 0 aromatic rings. The molecule has 0 aliphatic heterocycles. The van der Waals surface area contributed by atoms with E-state index in [2.05, 4.69) is 18.9 Å². The van der Waals surface area contributed by atoms with Gasteiger partial charge in [-0.05, 0) is 11.8 Å². The summed E-state index contributed by atoms with van der Waals surface area (Å²) in [6, 6.07) is -1.28. The van der Waals surface area contributed by atoms with Gasteiger partial charge in [-0.2, -0.15) is 0 Å². The zero-order valence-corrected chi connectivity index (χ0v) is 12.2. The normalized spacial score (nSPS) is 11.5. The molecule has 0 heterocycles. The van der Waals surface area contributed by atoms with Gasteiger partial charge in [-0.1, -0.05) is 0 Å². The molecule has 0 saturated heterocycles. The van der Waals surface area contributed by atoms with E-state index in [1.165, 1.54) is 0 Å². The Balaban J connectivity index is 3.81. The maximum absolute atomic E-state index is 11.1. The van der Waals surface area contributed by atoms with Gasteiger partial charge in [-0.3, -0.25) is 4.79 Å². The molecule has 10 nitrogen and oxygen atoms in total. The van der Waals surface area contributed by atoms with E-state index in [4.69, 9.17) is 16.9 Å². The van der Waals surface area contributed by atoms with Crippen molar-refractivity contribution in [3.63, 3.8) is 0 Å². The van der Waals surface area contributed by atoms with Gasteiger partial charge in [0.25, 0.3) is 0 Å². The summed E-state index contributed by atoms with van der Waals surface area (Å²) >= 11 is 5.11. The molecule has 124 valence electrons. The van der Waals surface area contributed by atoms with E-state index in [0.717, 1.165) is 19.3 Å². The van der Waals surface area contributed by atoms with Crippen LogP contribution in [0.2, 0.25) is 0 Å².